The van der Waals surface area contributed by atoms with Crippen LogP contribution in [0.1, 0.15) is 0 Å². The Hall–Kier alpha value is 0.0800. The van der Waals surface area contributed by atoms with Gasteiger partial charge in [-0.25, -0.2) is 0 Å². The number of nitrogens with one attached hydrogen (secondary N) is 1. The van der Waals surface area contributed by atoms with E-state index >= 15 is 0 Å². The van der Waals surface area contributed by atoms with Crippen LogP contribution in [0.3, 0.4) is 0 Å². The van der Waals surface area contributed by atoms with Crippen molar-refractivity contribution in [3.05, 3.63) is 24.3 Å². The molecule has 1 atom stereocenters. The van der Waals surface area contributed by atoms with Gasteiger partial charge in [0.15, 0.2) is 0 Å². The number of hydrogen-bond donors (Lipinski definition) is 1. The molecule has 96 valence electrons. The predicted molar refractivity (Wildman–Crippen MR) is 77.5 cm³/mol. The number of nitrogens with zero attached hydrogens (tertiary/aromatic N) is 1. The summed E-state index contributed by atoms with van der Waals surface area (Å²) in [5.74, 6) is 0.790. The van der Waals surface area contributed by atoms with Gasteiger partial charge >= 0.3 is 0 Å². The lowest BCUT2D eigenvalue weighted by Gasteiger charge is -2.31. The van der Waals surface area contributed by atoms with E-state index in [0.29, 0.717) is 0 Å². The summed E-state index contributed by atoms with van der Waals surface area (Å²) in [7, 11) is 4.24. The van der Waals surface area contributed by atoms with Crippen LogP contribution in [0.5, 0.6) is 5.75 Å². The Morgan fingerprint density at radius 3 is 2.06 bits per heavy atom. The highest BCUT2D eigenvalue weighted by Crippen LogP contribution is 2.58. The van der Waals surface area contributed by atoms with Crippen molar-refractivity contribution in [3.63, 3.8) is 0 Å². The van der Waals surface area contributed by atoms with Crippen LogP contribution in [-0.2, 0) is 0 Å². The molecule has 1 aromatic carbocycles. The Balaban J connectivity index is 2.79. The number of anilines is 1. The first-order valence-electron chi connectivity index (χ1n) is 4.79. The van der Waals surface area contributed by atoms with Crippen molar-refractivity contribution >= 4 is 48.7 Å². The van der Waals surface area contributed by atoms with Gasteiger partial charge in [0.25, 0.3) is 0 Å². The Kier molecular flexibility index (Phi) is 5.62. The molecule has 3 nitrogen and oxygen atoms in total. The van der Waals surface area contributed by atoms with E-state index < -0.39 is 11.8 Å². The van der Waals surface area contributed by atoms with E-state index in [1.165, 1.54) is 0 Å². The van der Waals surface area contributed by atoms with E-state index in [0.717, 1.165) is 11.4 Å². The minimum absolute atomic E-state index is 0.790. The normalized spacial score (nSPS) is 13.6. The molecule has 0 saturated carbocycles. The Morgan fingerprint density at radius 1 is 1.18 bits per heavy atom. The van der Waals surface area contributed by atoms with Gasteiger partial charge in [-0.2, -0.15) is 0 Å². The SMILES string of the molecule is COc1ccc(N[P@@](N(C)C)C(Cl)(Cl)Cl)cc1. The van der Waals surface area contributed by atoms with E-state index in [9.17, 15) is 0 Å². The maximum atomic E-state index is 5.93. The zero-order chi connectivity index (χ0) is 13.1. The van der Waals surface area contributed by atoms with Crippen LogP contribution in [0.4, 0.5) is 5.69 Å². The first kappa shape index (κ1) is 15.1. The van der Waals surface area contributed by atoms with Gasteiger partial charge < -0.3 is 9.82 Å². The number of alkyl halides is 3. The van der Waals surface area contributed by atoms with Gasteiger partial charge in [0.1, 0.15) is 14.0 Å². The average molecular weight is 316 g/mol. The highest BCUT2D eigenvalue weighted by atomic mass is 35.6. The molecule has 0 spiro atoms. The van der Waals surface area contributed by atoms with Gasteiger partial charge in [0.2, 0.25) is 3.53 Å². The maximum Gasteiger partial charge on any atom is 0.241 e. The zero-order valence-corrected chi connectivity index (χ0v) is 12.9. The van der Waals surface area contributed by atoms with Crippen molar-refractivity contribution in [2.45, 2.75) is 3.53 Å². The van der Waals surface area contributed by atoms with E-state index in [-0.39, 0.29) is 0 Å². The molecule has 17 heavy (non-hydrogen) atoms. The summed E-state index contributed by atoms with van der Waals surface area (Å²) in [5.41, 5.74) is 0.886. The summed E-state index contributed by atoms with van der Waals surface area (Å²) in [4.78, 5) is 0. The molecule has 0 bridgehead atoms. The van der Waals surface area contributed by atoms with Crippen LogP contribution in [0.15, 0.2) is 24.3 Å². The standard InChI is InChI=1S/C10H14Cl3N2OP/c1-15(2)17(10(11,12)13)14-8-4-6-9(16-3)7-5-8/h4-7,14H,1-3H3/t17-/m0/s1. The van der Waals surface area contributed by atoms with Crippen LogP contribution < -0.4 is 9.82 Å². The molecular weight excluding hydrogens is 301 g/mol. The van der Waals surface area contributed by atoms with Crippen molar-refractivity contribution in [2.75, 3.05) is 26.3 Å². The molecule has 0 aliphatic rings. The van der Waals surface area contributed by atoms with E-state index in [1.54, 1.807) is 7.11 Å². The largest absolute Gasteiger partial charge is 0.497 e. The quantitative estimate of drug-likeness (QED) is 0.662. The molecule has 0 radical (unpaired) electrons. The van der Waals surface area contributed by atoms with Gasteiger partial charge in [-0.3, -0.25) is 4.67 Å². The molecule has 0 aliphatic heterocycles. The van der Waals surface area contributed by atoms with E-state index in [1.807, 2.05) is 43.0 Å². The molecule has 0 amide bonds. The molecule has 1 rings (SSSR count). The van der Waals surface area contributed by atoms with Gasteiger partial charge in [-0.15, -0.1) is 0 Å². The lowest BCUT2D eigenvalue weighted by Crippen LogP contribution is -2.19. The third kappa shape index (κ3) is 4.69. The number of ether oxygens (including phenoxy) is 1. The molecule has 7 heteroatoms. The van der Waals surface area contributed by atoms with Crippen LogP contribution in [0.25, 0.3) is 0 Å². The molecular formula is C10H14Cl3N2OP. The molecule has 1 aromatic rings. The summed E-state index contributed by atoms with van der Waals surface area (Å²) >= 11 is 17.8. The monoisotopic (exact) mass is 314 g/mol. The van der Waals surface area contributed by atoms with Gasteiger partial charge in [0, 0.05) is 5.69 Å². The molecule has 0 aliphatic carbocycles. The van der Waals surface area contributed by atoms with Crippen molar-refractivity contribution in [1.82, 2.24) is 4.67 Å². The lowest BCUT2D eigenvalue weighted by molar-refractivity contribution is 0.415. The number of halogens is 3. The molecule has 0 unspecified atom stereocenters. The summed E-state index contributed by atoms with van der Waals surface area (Å²) in [6.07, 6.45) is 0. The number of rotatable bonds is 4. The lowest BCUT2D eigenvalue weighted by atomic mass is 10.3. The number of hydrogen-bond acceptors (Lipinski definition) is 3. The maximum absolute atomic E-state index is 5.93. The fourth-order valence-electron chi connectivity index (χ4n) is 1.18. The zero-order valence-electron chi connectivity index (χ0n) is 9.75. The van der Waals surface area contributed by atoms with Crippen molar-refractivity contribution in [1.29, 1.82) is 0 Å². The third-order valence-electron chi connectivity index (χ3n) is 1.97. The van der Waals surface area contributed by atoms with Crippen LogP contribution in [0.2, 0.25) is 0 Å². The number of benzene rings is 1. The number of methoxy groups -OCH3 is 1. The van der Waals surface area contributed by atoms with Gasteiger partial charge in [0.05, 0.1) is 7.11 Å². The topological polar surface area (TPSA) is 24.5 Å². The summed E-state index contributed by atoms with van der Waals surface area (Å²) in [6.45, 7) is 0. The Bertz CT molecular complexity index is 354. The molecule has 0 aromatic heterocycles. The molecule has 0 saturated heterocycles. The third-order valence-corrected chi connectivity index (χ3v) is 5.16. The fourth-order valence-corrected chi connectivity index (χ4v) is 4.09. The van der Waals surface area contributed by atoms with Crippen LogP contribution >= 0.6 is 43.0 Å². The smallest absolute Gasteiger partial charge is 0.241 e. The highest BCUT2D eigenvalue weighted by Gasteiger charge is 2.35. The first-order valence-corrected chi connectivity index (χ1v) is 7.22. The second-order valence-corrected chi connectivity index (χ2v) is 8.86. The van der Waals surface area contributed by atoms with Crippen molar-refractivity contribution in [3.8, 4) is 5.75 Å². The second-order valence-electron chi connectivity index (χ2n) is 3.47. The van der Waals surface area contributed by atoms with Gasteiger partial charge in [-0.05, 0) is 38.4 Å². The Morgan fingerprint density at radius 2 is 1.71 bits per heavy atom. The molecule has 0 heterocycles. The summed E-state index contributed by atoms with van der Waals surface area (Å²) < 4.78 is 5.60. The van der Waals surface area contributed by atoms with Crippen LogP contribution in [-0.4, -0.2) is 29.4 Å². The van der Waals surface area contributed by atoms with E-state index in [4.69, 9.17) is 39.5 Å². The summed E-state index contributed by atoms with van der Waals surface area (Å²) in [5, 5.41) is 3.21. The van der Waals surface area contributed by atoms with Crippen LogP contribution in [0, 0.1) is 0 Å². The fraction of sp³-hybridized carbons (Fsp3) is 0.400. The predicted octanol–water partition coefficient (Wildman–Crippen LogP) is 4.31. The average Bonchev–Trinajstić information content (AvgIpc) is 2.24. The van der Waals surface area contributed by atoms with Crippen molar-refractivity contribution in [2.24, 2.45) is 0 Å². The van der Waals surface area contributed by atoms with E-state index in [2.05, 4.69) is 5.09 Å². The minimum atomic E-state index is -1.35. The second kappa shape index (κ2) is 6.31. The Labute approximate surface area is 118 Å². The van der Waals surface area contributed by atoms with Crippen molar-refractivity contribution < 1.29 is 4.74 Å². The molecule has 0 fully saturated rings. The first-order chi connectivity index (χ1) is 7.84. The highest BCUT2D eigenvalue weighted by molar-refractivity contribution is 7.65. The molecule has 1 N–H and O–H groups in total. The summed E-state index contributed by atoms with van der Waals surface area (Å²) in [6, 6.07) is 7.47. The van der Waals surface area contributed by atoms with Gasteiger partial charge in [-0.1, -0.05) is 34.8 Å². The minimum Gasteiger partial charge on any atom is -0.497 e.